The molecule has 0 bridgehead atoms. The lowest BCUT2D eigenvalue weighted by atomic mass is 10.3. The number of benzene rings is 2. The molecule has 2 aromatic carbocycles. The predicted molar refractivity (Wildman–Crippen MR) is 109 cm³/mol. The maximum Gasteiger partial charge on any atom is 0.195 e. The number of nitrogens with zero attached hydrogens (tertiary/aromatic N) is 3. The number of ether oxygens (including phenoxy) is 2. The summed E-state index contributed by atoms with van der Waals surface area (Å²) in [6, 6.07) is 17.8. The summed E-state index contributed by atoms with van der Waals surface area (Å²) in [5, 5.41) is 11.2. The summed E-state index contributed by atoms with van der Waals surface area (Å²) in [7, 11) is 1.74. The van der Waals surface area contributed by atoms with Gasteiger partial charge in [-0.2, -0.15) is 5.10 Å². The zero-order valence-electron chi connectivity index (χ0n) is 15.8. The number of guanidine groups is 1. The summed E-state index contributed by atoms with van der Waals surface area (Å²) < 4.78 is 13.3. The van der Waals surface area contributed by atoms with Crippen molar-refractivity contribution in [3.8, 4) is 17.2 Å². The highest BCUT2D eigenvalue weighted by atomic mass is 16.5. The highest BCUT2D eigenvalue weighted by Gasteiger charge is 2.11. The number of fused-ring (bicyclic) bond motifs is 1. The number of nitrogens with one attached hydrogen (secondary N) is 2. The zero-order valence-corrected chi connectivity index (χ0v) is 15.8. The fraction of sp³-hybridized carbons (Fsp3) is 0.238. The Labute approximate surface area is 164 Å². The first-order valence-electron chi connectivity index (χ1n) is 9.29. The standard InChI is InChI=1S/C21H23N5O2/c1-22-21(24-16-8-9-19-20(14-16)28-13-5-12-27-19)23-15-17-10-11-26(25-17)18-6-3-2-4-7-18/h2-4,6-11,14H,5,12-13,15H2,1H3,(H2,22,23,24). The summed E-state index contributed by atoms with van der Waals surface area (Å²) in [4.78, 5) is 4.28. The van der Waals surface area contributed by atoms with Crippen LogP contribution in [0.15, 0.2) is 65.8 Å². The SMILES string of the molecule is CN=C(NCc1ccn(-c2ccccc2)n1)Nc1ccc2c(c1)OCCCO2. The van der Waals surface area contributed by atoms with Crippen molar-refractivity contribution in [3.05, 3.63) is 66.5 Å². The van der Waals surface area contributed by atoms with Crippen molar-refractivity contribution in [2.45, 2.75) is 13.0 Å². The number of aliphatic imine (C=N–C) groups is 1. The Morgan fingerprint density at radius 3 is 2.71 bits per heavy atom. The van der Waals surface area contributed by atoms with E-state index >= 15 is 0 Å². The van der Waals surface area contributed by atoms with Crippen LogP contribution in [0.25, 0.3) is 5.69 Å². The number of para-hydroxylation sites is 1. The lowest BCUT2D eigenvalue weighted by Crippen LogP contribution is -2.30. The molecule has 7 heteroatoms. The lowest BCUT2D eigenvalue weighted by Gasteiger charge is -2.13. The monoisotopic (exact) mass is 377 g/mol. The van der Waals surface area contributed by atoms with Crippen molar-refractivity contribution < 1.29 is 9.47 Å². The molecule has 0 atom stereocenters. The van der Waals surface area contributed by atoms with Gasteiger partial charge in [-0.25, -0.2) is 4.68 Å². The van der Waals surface area contributed by atoms with Crippen LogP contribution < -0.4 is 20.1 Å². The minimum absolute atomic E-state index is 0.560. The second-order valence-corrected chi connectivity index (χ2v) is 6.35. The average Bonchev–Trinajstić information content (AvgIpc) is 3.09. The average molecular weight is 377 g/mol. The molecule has 3 aromatic rings. The smallest absolute Gasteiger partial charge is 0.195 e. The third-order valence-corrected chi connectivity index (χ3v) is 4.34. The highest BCUT2D eigenvalue weighted by molar-refractivity contribution is 5.93. The van der Waals surface area contributed by atoms with Crippen molar-refractivity contribution in [3.63, 3.8) is 0 Å². The molecule has 4 rings (SSSR count). The van der Waals surface area contributed by atoms with E-state index in [1.54, 1.807) is 7.05 Å². The largest absolute Gasteiger partial charge is 0.490 e. The first-order valence-corrected chi connectivity index (χ1v) is 9.29. The quantitative estimate of drug-likeness (QED) is 0.540. The van der Waals surface area contributed by atoms with Gasteiger partial charge in [0.15, 0.2) is 17.5 Å². The van der Waals surface area contributed by atoms with Gasteiger partial charge in [0.1, 0.15) is 0 Å². The number of aromatic nitrogens is 2. The van der Waals surface area contributed by atoms with Crippen LogP contribution >= 0.6 is 0 Å². The van der Waals surface area contributed by atoms with Gasteiger partial charge in [0, 0.05) is 31.4 Å². The molecule has 28 heavy (non-hydrogen) atoms. The summed E-state index contributed by atoms with van der Waals surface area (Å²) in [6.45, 7) is 1.90. The van der Waals surface area contributed by atoms with Gasteiger partial charge in [0.25, 0.3) is 0 Å². The third kappa shape index (κ3) is 4.25. The van der Waals surface area contributed by atoms with Gasteiger partial charge in [0.2, 0.25) is 0 Å². The van der Waals surface area contributed by atoms with Crippen molar-refractivity contribution in [2.75, 3.05) is 25.6 Å². The lowest BCUT2D eigenvalue weighted by molar-refractivity contribution is 0.297. The van der Waals surface area contributed by atoms with E-state index in [0.717, 1.165) is 35.0 Å². The Balaban J connectivity index is 1.38. The fourth-order valence-corrected chi connectivity index (χ4v) is 2.91. The Morgan fingerprint density at radius 2 is 1.89 bits per heavy atom. The molecule has 0 unspecified atom stereocenters. The molecule has 1 aromatic heterocycles. The molecule has 1 aliphatic heterocycles. The second kappa shape index (κ2) is 8.47. The number of anilines is 1. The van der Waals surface area contributed by atoms with Gasteiger partial charge in [-0.3, -0.25) is 4.99 Å². The number of hydrogen-bond donors (Lipinski definition) is 2. The van der Waals surface area contributed by atoms with Crippen LogP contribution in [0, 0.1) is 0 Å². The first-order chi connectivity index (χ1) is 13.8. The van der Waals surface area contributed by atoms with Gasteiger partial charge in [-0.05, 0) is 30.3 Å². The topological polar surface area (TPSA) is 72.7 Å². The van der Waals surface area contributed by atoms with Crippen molar-refractivity contribution >= 4 is 11.6 Å². The molecule has 2 N–H and O–H groups in total. The van der Waals surface area contributed by atoms with E-state index in [2.05, 4.69) is 20.7 Å². The summed E-state index contributed by atoms with van der Waals surface area (Å²) in [6.07, 6.45) is 2.84. The van der Waals surface area contributed by atoms with Crippen molar-refractivity contribution in [1.82, 2.24) is 15.1 Å². The maximum atomic E-state index is 5.74. The van der Waals surface area contributed by atoms with E-state index < -0.39 is 0 Å². The predicted octanol–water partition coefficient (Wildman–Crippen LogP) is 3.22. The summed E-state index contributed by atoms with van der Waals surface area (Å²) in [5.74, 6) is 2.18. The molecule has 0 fully saturated rings. The Kier molecular flexibility index (Phi) is 5.42. The Hall–Kier alpha value is -3.48. The molecule has 0 spiro atoms. The molecule has 0 amide bonds. The molecule has 0 saturated heterocycles. The van der Waals surface area contributed by atoms with E-state index in [-0.39, 0.29) is 0 Å². The van der Waals surface area contributed by atoms with Gasteiger partial charge in [-0.15, -0.1) is 0 Å². The van der Waals surface area contributed by atoms with Gasteiger partial charge < -0.3 is 20.1 Å². The van der Waals surface area contributed by atoms with Crippen LogP contribution in [0.5, 0.6) is 11.5 Å². The van der Waals surface area contributed by atoms with Crippen LogP contribution in [0.4, 0.5) is 5.69 Å². The molecule has 0 radical (unpaired) electrons. The normalized spacial score (nSPS) is 13.7. The highest BCUT2D eigenvalue weighted by Crippen LogP contribution is 2.32. The molecule has 0 saturated carbocycles. The van der Waals surface area contributed by atoms with E-state index in [1.165, 1.54) is 0 Å². The molecule has 1 aliphatic rings. The second-order valence-electron chi connectivity index (χ2n) is 6.35. The minimum atomic E-state index is 0.560. The Morgan fingerprint density at radius 1 is 1.07 bits per heavy atom. The van der Waals surface area contributed by atoms with Crippen molar-refractivity contribution in [1.29, 1.82) is 0 Å². The zero-order chi connectivity index (χ0) is 19.2. The van der Waals surface area contributed by atoms with E-state index in [9.17, 15) is 0 Å². The molecule has 0 aliphatic carbocycles. The minimum Gasteiger partial charge on any atom is -0.490 e. The van der Waals surface area contributed by atoms with Gasteiger partial charge >= 0.3 is 0 Å². The van der Waals surface area contributed by atoms with Crippen LogP contribution in [0.1, 0.15) is 12.1 Å². The van der Waals surface area contributed by atoms with Crippen LogP contribution in [0.2, 0.25) is 0 Å². The fourth-order valence-electron chi connectivity index (χ4n) is 2.91. The molecular formula is C21H23N5O2. The van der Waals surface area contributed by atoms with Crippen molar-refractivity contribution in [2.24, 2.45) is 4.99 Å². The molecule has 144 valence electrons. The van der Waals surface area contributed by atoms with E-state index in [4.69, 9.17) is 9.47 Å². The van der Waals surface area contributed by atoms with Crippen LogP contribution in [0.3, 0.4) is 0 Å². The number of rotatable bonds is 4. The first kappa shape index (κ1) is 17.9. The maximum absolute atomic E-state index is 5.74. The van der Waals surface area contributed by atoms with Gasteiger partial charge in [0.05, 0.1) is 31.1 Å². The molecular weight excluding hydrogens is 354 g/mol. The molecule has 7 nitrogen and oxygen atoms in total. The summed E-state index contributed by atoms with van der Waals surface area (Å²) in [5.41, 5.74) is 2.83. The van der Waals surface area contributed by atoms with E-state index in [0.29, 0.717) is 25.7 Å². The molecule has 2 heterocycles. The summed E-state index contributed by atoms with van der Waals surface area (Å²) >= 11 is 0. The Bertz CT molecular complexity index is 952. The third-order valence-electron chi connectivity index (χ3n) is 4.34. The van der Waals surface area contributed by atoms with Crippen LogP contribution in [-0.4, -0.2) is 36.0 Å². The number of hydrogen-bond acceptors (Lipinski definition) is 4. The van der Waals surface area contributed by atoms with E-state index in [1.807, 2.05) is 65.5 Å². The van der Waals surface area contributed by atoms with Crippen LogP contribution in [-0.2, 0) is 6.54 Å². The van der Waals surface area contributed by atoms with Gasteiger partial charge in [-0.1, -0.05) is 18.2 Å².